The molecule has 2 aromatic carbocycles. The van der Waals surface area contributed by atoms with E-state index in [1.165, 1.54) is 60.7 Å². The fraction of sp³-hybridized carbons (Fsp3) is 0. The van der Waals surface area contributed by atoms with Crippen LogP contribution in [0.4, 0.5) is 17.3 Å². The van der Waals surface area contributed by atoms with Gasteiger partial charge in [0.1, 0.15) is 4.92 Å². The quantitative estimate of drug-likeness (QED) is 0.267. The zero-order valence-corrected chi connectivity index (χ0v) is 15.2. The number of benzene rings is 2. The predicted octanol–water partition coefficient (Wildman–Crippen LogP) is 4.24. The minimum absolute atomic E-state index is 0.0772. The second-order valence-corrected chi connectivity index (χ2v) is 5.98. The maximum atomic E-state index is 12.3. The first-order valence-electron chi connectivity index (χ1n) is 8.46. The molecule has 0 bridgehead atoms. The molecule has 0 unspecified atom stereocenters. The lowest BCUT2D eigenvalue weighted by Gasteiger charge is -2.03. The number of hydrogen-bond acceptors (Lipinski definition) is 7. The molecule has 0 spiro atoms. The SMILES string of the molecule is O=C(/C=C/c1cccc([N+](=O)[O-])c1)c1ccc(NC(=O)c2ccc([N+](=O)[O-])o2)cc1. The van der Waals surface area contributed by atoms with E-state index < -0.39 is 21.6 Å². The van der Waals surface area contributed by atoms with Gasteiger partial charge in [0.05, 0.1) is 11.0 Å². The van der Waals surface area contributed by atoms with Gasteiger partial charge in [-0.15, -0.1) is 0 Å². The van der Waals surface area contributed by atoms with Crippen LogP contribution in [0.1, 0.15) is 26.5 Å². The Labute approximate surface area is 168 Å². The number of carbonyl (C=O) groups is 2. The number of allylic oxidation sites excluding steroid dienone is 1. The van der Waals surface area contributed by atoms with Crippen molar-refractivity contribution in [3.8, 4) is 0 Å². The first-order valence-corrected chi connectivity index (χ1v) is 8.46. The van der Waals surface area contributed by atoms with Crippen molar-refractivity contribution in [2.75, 3.05) is 5.32 Å². The van der Waals surface area contributed by atoms with Crippen LogP contribution in [-0.2, 0) is 0 Å². The average molecular weight is 407 g/mol. The Hall–Kier alpha value is -4.60. The number of carbonyl (C=O) groups excluding carboxylic acids is 2. The summed E-state index contributed by atoms with van der Waals surface area (Å²) in [4.78, 5) is 44.4. The summed E-state index contributed by atoms with van der Waals surface area (Å²) in [7, 11) is 0. The maximum Gasteiger partial charge on any atom is 0.433 e. The fourth-order valence-corrected chi connectivity index (χ4v) is 2.47. The number of anilines is 1. The Kier molecular flexibility index (Phi) is 5.78. The third-order valence-electron chi connectivity index (χ3n) is 3.93. The molecule has 3 aromatic rings. The molecular formula is C20H13N3O7. The largest absolute Gasteiger partial charge is 0.433 e. The highest BCUT2D eigenvalue weighted by molar-refractivity contribution is 6.07. The summed E-state index contributed by atoms with van der Waals surface area (Å²) in [5.74, 6) is -1.77. The summed E-state index contributed by atoms with van der Waals surface area (Å²) in [6.45, 7) is 0. The van der Waals surface area contributed by atoms with Crippen LogP contribution >= 0.6 is 0 Å². The van der Waals surface area contributed by atoms with Crippen LogP contribution in [-0.4, -0.2) is 21.5 Å². The molecular weight excluding hydrogens is 394 g/mol. The Bertz CT molecular complexity index is 1160. The Morgan fingerprint density at radius 2 is 1.67 bits per heavy atom. The molecule has 10 heteroatoms. The van der Waals surface area contributed by atoms with Crippen LogP contribution in [0.2, 0.25) is 0 Å². The van der Waals surface area contributed by atoms with Crippen LogP contribution in [0.5, 0.6) is 0 Å². The third kappa shape index (κ3) is 4.81. The third-order valence-corrected chi connectivity index (χ3v) is 3.93. The van der Waals surface area contributed by atoms with Gasteiger partial charge >= 0.3 is 5.88 Å². The molecule has 1 amide bonds. The Balaban J connectivity index is 1.65. The summed E-state index contributed by atoms with van der Waals surface area (Å²) in [6.07, 6.45) is 2.75. The van der Waals surface area contributed by atoms with E-state index in [-0.39, 0.29) is 17.2 Å². The van der Waals surface area contributed by atoms with Crippen molar-refractivity contribution in [3.63, 3.8) is 0 Å². The predicted molar refractivity (Wildman–Crippen MR) is 106 cm³/mol. The number of nitrogens with zero attached hydrogens (tertiary/aromatic N) is 2. The molecule has 0 aliphatic rings. The zero-order chi connectivity index (χ0) is 21.7. The highest BCUT2D eigenvalue weighted by Crippen LogP contribution is 2.18. The molecule has 0 fully saturated rings. The number of non-ortho nitro benzene ring substituents is 1. The van der Waals surface area contributed by atoms with Gasteiger partial charge in [-0.2, -0.15) is 0 Å². The highest BCUT2D eigenvalue weighted by atomic mass is 16.6. The van der Waals surface area contributed by atoms with Crippen molar-refractivity contribution in [1.29, 1.82) is 0 Å². The maximum absolute atomic E-state index is 12.3. The van der Waals surface area contributed by atoms with Crippen molar-refractivity contribution in [3.05, 3.63) is 104 Å². The standard InChI is InChI=1S/C20H13N3O7/c24-17(9-4-13-2-1-3-16(12-13)22(26)27)14-5-7-15(8-6-14)21-20(25)18-10-11-19(30-18)23(28)29/h1-12H,(H,21,25)/b9-4+. The zero-order valence-electron chi connectivity index (χ0n) is 15.2. The Morgan fingerprint density at radius 1 is 0.933 bits per heavy atom. The van der Waals surface area contributed by atoms with Gasteiger partial charge in [0.15, 0.2) is 11.5 Å². The first kappa shape index (κ1) is 20.1. The summed E-state index contributed by atoms with van der Waals surface area (Å²) in [5.41, 5.74) is 1.13. The number of nitro groups is 2. The van der Waals surface area contributed by atoms with E-state index in [4.69, 9.17) is 4.42 Å². The number of furan rings is 1. The van der Waals surface area contributed by atoms with Gasteiger partial charge in [-0.25, -0.2) is 0 Å². The molecule has 0 aliphatic carbocycles. The van der Waals surface area contributed by atoms with Gasteiger partial charge in [-0.3, -0.25) is 29.8 Å². The lowest BCUT2D eigenvalue weighted by Crippen LogP contribution is -2.11. The number of nitrogens with one attached hydrogen (secondary N) is 1. The first-order chi connectivity index (χ1) is 14.3. The summed E-state index contributed by atoms with van der Waals surface area (Å²) in [5, 5.41) is 23.9. The lowest BCUT2D eigenvalue weighted by molar-refractivity contribution is -0.402. The normalized spacial score (nSPS) is 10.7. The summed E-state index contributed by atoms with van der Waals surface area (Å²) >= 11 is 0. The van der Waals surface area contributed by atoms with Crippen molar-refractivity contribution in [2.45, 2.75) is 0 Å². The van der Waals surface area contributed by atoms with Crippen molar-refractivity contribution in [2.24, 2.45) is 0 Å². The van der Waals surface area contributed by atoms with E-state index in [0.29, 0.717) is 16.8 Å². The van der Waals surface area contributed by atoms with E-state index >= 15 is 0 Å². The highest BCUT2D eigenvalue weighted by Gasteiger charge is 2.17. The number of hydrogen-bond donors (Lipinski definition) is 1. The molecule has 30 heavy (non-hydrogen) atoms. The molecule has 0 aliphatic heterocycles. The Morgan fingerprint density at radius 3 is 2.30 bits per heavy atom. The molecule has 0 saturated heterocycles. The molecule has 150 valence electrons. The summed E-state index contributed by atoms with van der Waals surface area (Å²) < 4.78 is 4.82. The van der Waals surface area contributed by atoms with Crippen LogP contribution < -0.4 is 5.32 Å². The number of amides is 1. The number of ketones is 1. The lowest BCUT2D eigenvalue weighted by atomic mass is 10.1. The van der Waals surface area contributed by atoms with E-state index in [1.807, 2.05) is 0 Å². The van der Waals surface area contributed by atoms with Gasteiger partial charge in [0, 0.05) is 23.4 Å². The minimum Gasteiger partial charge on any atom is -0.395 e. The number of nitro benzene ring substituents is 1. The second-order valence-electron chi connectivity index (χ2n) is 5.98. The van der Waals surface area contributed by atoms with Crippen LogP contribution in [0, 0.1) is 20.2 Å². The minimum atomic E-state index is -0.752. The van der Waals surface area contributed by atoms with E-state index in [2.05, 4.69) is 5.32 Å². The molecule has 0 atom stereocenters. The molecule has 10 nitrogen and oxygen atoms in total. The molecule has 3 rings (SSSR count). The molecule has 0 saturated carbocycles. The fourth-order valence-electron chi connectivity index (χ4n) is 2.47. The van der Waals surface area contributed by atoms with E-state index in [0.717, 1.165) is 6.07 Å². The van der Waals surface area contributed by atoms with Gasteiger partial charge in [-0.05, 0) is 42.0 Å². The van der Waals surface area contributed by atoms with Crippen LogP contribution in [0.25, 0.3) is 6.08 Å². The monoisotopic (exact) mass is 407 g/mol. The van der Waals surface area contributed by atoms with E-state index in [9.17, 15) is 29.8 Å². The average Bonchev–Trinajstić information content (AvgIpc) is 3.23. The van der Waals surface area contributed by atoms with E-state index in [1.54, 1.807) is 6.07 Å². The molecule has 1 aromatic heterocycles. The van der Waals surface area contributed by atoms with Gasteiger partial charge in [0.2, 0.25) is 0 Å². The number of rotatable bonds is 7. The molecule has 0 radical (unpaired) electrons. The van der Waals surface area contributed by atoms with Crippen molar-refractivity contribution >= 4 is 35.0 Å². The second kappa shape index (κ2) is 8.61. The van der Waals surface area contributed by atoms with Crippen molar-refractivity contribution < 1.29 is 23.9 Å². The van der Waals surface area contributed by atoms with Crippen LogP contribution in [0.3, 0.4) is 0 Å². The van der Waals surface area contributed by atoms with Crippen LogP contribution in [0.15, 0.2) is 71.2 Å². The smallest absolute Gasteiger partial charge is 0.395 e. The summed E-state index contributed by atoms with van der Waals surface area (Å²) in [6, 6.07) is 14.1. The van der Waals surface area contributed by atoms with Gasteiger partial charge < -0.3 is 9.73 Å². The molecule has 1 heterocycles. The van der Waals surface area contributed by atoms with Gasteiger partial charge in [0.25, 0.3) is 11.6 Å². The topological polar surface area (TPSA) is 146 Å². The van der Waals surface area contributed by atoms with Gasteiger partial charge in [-0.1, -0.05) is 18.2 Å². The molecule has 1 N–H and O–H groups in total. The van der Waals surface area contributed by atoms with Crippen molar-refractivity contribution in [1.82, 2.24) is 0 Å².